The summed E-state index contributed by atoms with van der Waals surface area (Å²) in [5, 5.41) is 19.2. The van der Waals surface area contributed by atoms with E-state index in [4.69, 9.17) is 15.2 Å². The van der Waals surface area contributed by atoms with E-state index in [0.29, 0.717) is 5.56 Å². The standard InChI is InChI=1S/C21H17FN2O7/c1-30-13-7-3-6-12(17(13)31-9-10-4-2-5-11(22)8-10)14-15(20(26)27)18(23)24-19(25)16(14)21(28)29/h2-8H,9H2,1H3,(H,26,27)(H,28,29)(H3,23,24,25). The van der Waals surface area contributed by atoms with Gasteiger partial charge < -0.3 is 30.4 Å². The van der Waals surface area contributed by atoms with E-state index in [1.807, 2.05) is 4.98 Å². The number of ether oxygens (including phenoxy) is 2. The lowest BCUT2D eigenvalue weighted by Crippen LogP contribution is -2.24. The highest BCUT2D eigenvalue weighted by molar-refractivity contribution is 6.08. The third-order valence-corrected chi connectivity index (χ3v) is 4.41. The Morgan fingerprint density at radius 3 is 2.39 bits per heavy atom. The average Bonchev–Trinajstić information content (AvgIpc) is 2.70. The molecule has 31 heavy (non-hydrogen) atoms. The van der Waals surface area contributed by atoms with Crippen molar-refractivity contribution in [3.8, 4) is 22.6 Å². The van der Waals surface area contributed by atoms with Gasteiger partial charge in [0.15, 0.2) is 11.5 Å². The molecule has 0 radical (unpaired) electrons. The van der Waals surface area contributed by atoms with E-state index >= 15 is 0 Å². The number of nitrogens with two attached hydrogens (primary N) is 1. The van der Waals surface area contributed by atoms with Gasteiger partial charge in [-0.1, -0.05) is 24.3 Å². The summed E-state index contributed by atoms with van der Waals surface area (Å²) in [5.74, 6) is -4.10. The maximum atomic E-state index is 13.5. The van der Waals surface area contributed by atoms with Crippen molar-refractivity contribution in [2.45, 2.75) is 6.61 Å². The maximum Gasteiger partial charge on any atom is 0.342 e. The number of hydrogen-bond donors (Lipinski definition) is 4. The molecule has 0 saturated heterocycles. The number of hydrogen-bond acceptors (Lipinski definition) is 6. The van der Waals surface area contributed by atoms with Crippen molar-refractivity contribution >= 4 is 17.8 Å². The molecular formula is C21H17FN2O7. The first kappa shape index (κ1) is 21.4. The molecule has 0 amide bonds. The number of carboxylic acids is 2. The van der Waals surface area contributed by atoms with Gasteiger partial charge in [0.25, 0.3) is 5.56 Å². The number of halogens is 1. The van der Waals surface area contributed by atoms with Gasteiger partial charge in [0.2, 0.25) is 0 Å². The first-order chi connectivity index (χ1) is 14.7. The van der Waals surface area contributed by atoms with E-state index in [1.165, 1.54) is 43.5 Å². The summed E-state index contributed by atoms with van der Waals surface area (Å²) in [7, 11) is 1.33. The summed E-state index contributed by atoms with van der Waals surface area (Å²) in [5.41, 5.74) is 3.16. The van der Waals surface area contributed by atoms with Crippen LogP contribution in [0.3, 0.4) is 0 Å². The van der Waals surface area contributed by atoms with Gasteiger partial charge in [0, 0.05) is 11.1 Å². The summed E-state index contributed by atoms with van der Waals surface area (Å²) >= 11 is 0. The molecule has 3 aromatic rings. The van der Waals surface area contributed by atoms with Crippen LogP contribution in [-0.2, 0) is 6.61 Å². The third-order valence-electron chi connectivity index (χ3n) is 4.41. The number of aromatic nitrogens is 1. The fourth-order valence-corrected chi connectivity index (χ4v) is 3.12. The van der Waals surface area contributed by atoms with Crippen molar-refractivity contribution in [2.75, 3.05) is 12.8 Å². The van der Waals surface area contributed by atoms with Crippen molar-refractivity contribution < 1.29 is 33.7 Å². The fraction of sp³-hybridized carbons (Fsp3) is 0.0952. The second kappa shape index (κ2) is 8.57. The molecule has 0 spiro atoms. The maximum absolute atomic E-state index is 13.5. The molecule has 0 aliphatic heterocycles. The monoisotopic (exact) mass is 428 g/mol. The second-order valence-corrected chi connectivity index (χ2v) is 6.36. The number of benzene rings is 2. The van der Waals surface area contributed by atoms with Crippen LogP contribution >= 0.6 is 0 Å². The number of H-pyrrole nitrogens is 1. The Morgan fingerprint density at radius 1 is 1.10 bits per heavy atom. The molecule has 1 aromatic heterocycles. The van der Waals surface area contributed by atoms with E-state index in [2.05, 4.69) is 0 Å². The van der Waals surface area contributed by atoms with Crippen LogP contribution in [0.15, 0.2) is 47.3 Å². The normalized spacial score (nSPS) is 10.5. The summed E-state index contributed by atoms with van der Waals surface area (Å²) < 4.78 is 24.5. The molecule has 1 heterocycles. The van der Waals surface area contributed by atoms with Crippen molar-refractivity contribution in [3.05, 3.63) is 75.3 Å². The highest BCUT2D eigenvalue weighted by atomic mass is 19.1. The Labute approximate surface area is 174 Å². The molecule has 10 heteroatoms. The van der Waals surface area contributed by atoms with E-state index in [-0.39, 0.29) is 23.7 Å². The van der Waals surface area contributed by atoms with Crippen molar-refractivity contribution in [1.29, 1.82) is 0 Å². The lowest BCUT2D eigenvalue weighted by atomic mass is 9.94. The van der Waals surface area contributed by atoms with Crippen LogP contribution in [0.25, 0.3) is 11.1 Å². The Hall–Kier alpha value is -4.34. The van der Waals surface area contributed by atoms with Crippen LogP contribution in [0.5, 0.6) is 11.5 Å². The molecule has 0 bridgehead atoms. The Kier molecular flexibility index (Phi) is 5.91. The number of carbonyl (C=O) groups is 2. The molecule has 9 nitrogen and oxygen atoms in total. The number of para-hydroxylation sites is 1. The number of rotatable bonds is 7. The molecule has 0 atom stereocenters. The van der Waals surface area contributed by atoms with Crippen LogP contribution in [0, 0.1) is 5.82 Å². The van der Waals surface area contributed by atoms with E-state index < -0.39 is 45.8 Å². The number of carboxylic acid groups (broad SMARTS) is 2. The van der Waals surface area contributed by atoms with Gasteiger partial charge in [-0.3, -0.25) is 4.79 Å². The van der Waals surface area contributed by atoms with Gasteiger partial charge in [-0.2, -0.15) is 0 Å². The molecule has 2 aromatic carbocycles. The van der Waals surface area contributed by atoms with E-state index in [0.717, 1.165) is 0 Å². The van der Waals surface area contributed by atoms with Crippen LogP contribution in [0.4, 0.5) is 10.2 Å². The van der Waals surface area contributed by atoms with Crippen LogP contribution < -0.4 is 20.8 Å². The molecule has 0 unspecified atom stereocenters. The van der Waals surface area contributed by atoms with Crippen LogP contribution in [0.1, 0.15) is 26.3 Å². The van der Waals surface area contributed by atoms with Crippen molar-refractivity contribution in [1.82, 2.24) is 4.98 Å². The average molecular weight is 428 g/mol. The summed E-state index contributed by atoms with van der Waals surface area (Å²) in [6.45, 7) is -0.144. The van der Waals surface area contributed by atoms with Crippen LogP contribution in [-0.4, -0.2) is 34.2 Å². The second-order valence-electron chi connectivity index (χ2n) is 6.36. The smallest absolute Gasteiger partial charge is 0.342 e. The predicted octanol–water partition coefficient (Wildman–Crippen LogP) is 2.75. The minimum atomic E-state index is -1.65. The third kappa shape index (κ3) is 4.17. The number of methoxy groups -OCH3 is 1. The van der Waals surface area contributed by atoms with E-state index in [1.54, 1.807) is 6.07 Å². The first-order valence-electron chi connectivity index (χ1n) is 8.81. The fourth-order valence-electron chi connectivity index (χ4n) is 3.12. The molecule has 0 aliphatic rings. The number of aromatic amines is 1. The molecule has 0 saturated carbocycles. The van der Waals surface area contributed by atoms with Crippen LogP contribution in [0.2, 0.25) is 0 Å². The molecule has 0 aliphatic carbocycles. The lowest BCUT2D eigenvalue weighted by Gasteiger charge is -2.18. The minimum Gasteiger partial charge on any atom is -0.493 e. The quantitative estimate of drug-likeness (QED) is 0.448. The summed E-state index contributed by atoms with van der Waals surface area (Å²) in [6.07, 6.45) is 0. The Morgan fingerprint density at radius 2 is 1.77 bits per heavy atom. The predicted molar refractivity (Wildman–Crippen MR) is 108 cm³/mol. The number of nitrogen functional groups attached to an aromatic ring is 1. The van der Waals surface area contributed by atoms with Gasteiger partial charge in [-0.05, 0) is 23.8 Å². The number of nitrogens with one attached hydrogen (secondary N) is 1. The van der Waals surface area contributed by atoms with Crippen molar-refractivity contribution in [3.63, 3.8) is 0 Å². The SMILES string of the molecule is COc1cccc(-c2c(C(=O)O)c(N)[nH]c(=O)c2C(=O)O)c1OCc1cccc(F)c1. The topological polar surface area (TPSA) is 152 Å². The summed E-state index contributed by atoms with van der Waals surface area (Å²) in [4.78, 5) is 38.0. The van der Waals surface area contributed by atoms with Gasteiger partial charge >= 0.3 is 11.9 Å². The number of anilines is 1. The Bertz CT molecular complexity index is 1240. The molecule has 3 rings (SSSR count). The zero-order valence-corrected chi connectivity index (χ0v) is 16.1. The van der Waals surface area contributed by atoms with Crippen molar-refractivity contribution in [2.24, 2.45) is 0 Å². The van der Waals surface area contributed by atoms with E-state index in [9.17, 15) is 29.0 Å². The number of aromatic carboxylic acids is 2. The largest absolute Gasteiger partial charge is 0.493 e. The van der Waals surface area contributed by atoms with Gasteiger partial charge in [-0.15, -0.1) is 0 Å². The molecule has 0 fully saturated rings. The summed E-state index contributed by atoms with van der Waals surface area (Å²) in [6, 6.07) is 9.94. The highest BCUT2D eigenvalue weighted by Crippen LogP contribution is 2.41. The highest BCUT2D eigenvalue weighted by Gasteiger charge is 2.29. The molecule has 160 valence electrons. The minimum absolute atomic E-state index is 0.0377. The molecule has 5 N–H and O–H groups in total. The van der Waals surface area contributed by atoms with Gasteiger partial charge in [-0.25, -0.2) is 14.0 Å². The number of pyridine rings is 1. The zero-order chi connectivity index (χ0) is 22.7. The zero-order valence-electron chi connectivity index (χ0n) is 16.1. The Balaban J connectivity index is 2.28. The van der Waals surface area contributed by atoms with Gasteiger partial charge in [0.05, 0.1) is 7.11 Å². The van der Waals surface area contributed by atoms with Gasteiger partial charge in [0.1, 0.15) is 29.4 Å². The molecular weight excluding hydrogens is 411 g/mol. The first-order valence-corrected chi connectivity index (χ1v) is 8.81. The lowest BCUT2D eigenvalue weighted by molar-refractivity contribution is 0.0695.